The average Bonchev–Trinajstić information content (AvgIpc) is 2.73. The highest BCUT2D eigenvalue weighted by Gasteiger charge is 2.21. The molecule has 1 aromatic carbocycles. The molecule has 0 bridgehead atoms. The van der Waals surface area contributed by atoms with E-state index < -0.39 is 13.0 Å². The molecule has 2 N–H and O–H groups in total. The summed E-state index contributed by atoms with van der Waals surface area (Å²) in [5, 5.41) is 5.84. The van der Waals surface area contributed by atoms with Crippen LogP contribution in [0.3, 0.4) is 0 Å². The molecule has 162 valence electrons. The Morgan fingerprint density at radius 3 is 2.66 bits per heavy atom. The number of nitrogens with zero attached hydrogens (tertiary/aromatic N) is 2. The van der Waals surface area contributed by atoms with Gasteiger partial charge in [-0.2, -0.15) is 0 Å². The van der Waals surface area contributed by atoms with Crippen molar-refractivity contribution in [2.75, 3.05) is 45.7 Å². The lowest BCUT2D eigenvalue weighted by Gasteiger charge is -2.34. The summed E-state index contributed by atoms with van der Waals surface area (Å²) in [6, 6.07) is 5.97. The molecule has 29 heavy (non-hydrogen) atoms. The van der Waals surface area contributed by atoms with Crippen molar-refractivity contribution in [3.63, 3.8) is 0 Å². The van der Waals surface area contributed by atoms with Crippen molar-refractivity contribution in [3.05, 3.63) is 35.5 Å². The molecule has 0 amide bonds. The molecule has 1 aromatic rings. The number of anilines is 1. The van der Waals surface area contributed by atoms with Crippen molar-refractivity contribution in [2.24, 2.45) is 10.9 Å². The number of likely N-dealkylation sites (tertiary alicyclic amines) is 1. The van der Waals surface area contributed by atoms with Crippen LogP contribution in [0.25, 0.3) is 5.70 Å². The van der Waals surface area contributed by atoms with Gasteiger partial charge in [-0.05, 0) is 43.4 Å². The smallest absolute Gasteiger partial charge is 0.255 e. The van der Waals surface area contributed by atoms with Crippen LogP contribution in [0.4, 0.5) is 14.5 Å². The molecule has 7 heteroatoms. The summed E-state index contributed by atoms with van der Waals surface area (Å²) in [6.45, 7) is 6.08. The number of amidine groups is 1. The predicted molar refractivity (Wildman–Crippen MR) is 117 cm³/mol. The summed E-state index contributed by atoms with van der Waals surface area (Å²) in [5.74, 6) is 1.59. The summed E-state index contributed by atoms with van der Waals surface area (Å²) < 4.78 is 30.7. The lowest BCUT2D eigenvalue weighted by molar-refractivity contribution is 0.151. The van der Waals surface area contributed by atoms with Gasteiger partial charge in [0.1, 0.15) is 12.4 Å². The number of ether oxygens (including phenoxy) is 1. The first kappa shape index (κ1) is 23.1. The number of halogens is 2. The van der Waals surface area contributed by atoms with Crippen molar-refractivity contribution in [1.82, 2.24) is 10.2 Å². The molecule has 0 saturated carbocycles. The number of benzene rings is 1. The predicted octanol–water partition coefficient (Wildman–Crippen LogP) is 4.36. The third-order valence-corrected chi connectivity index (χ3v) is 5.39. The van der Waals surface area contributed by atoms with Crippen LogP contribution in [0.5, 0.6) is 0 Å². The normalized spacial score (nSPS) is 16.4. The largest absolute Gasteiger partial charge is 0.388 e. The van der Waals surface area contributed by atoms with Crippen molar-refractivity contribution < 1.29 is 13.5 Å². The zero-order valence-corrected chi connectivity index (χ0v) is 18.0. The van der Waals surface area contributed by atoms with Gasteiger partial charge in [-0.15, -0.1) is 0 Å². The van der Waals surface area contributed by atoms with Gasteiger partial charge < -0.3 is 20.3 Å². The van der Waals surface area contributed by atoms with E-state index in [-0.39, 0.29) is 0 Å². The van der Waals surface area contributed by atoms with E-state index in [4.69, 9.17) is 9.73 Å². The van der Waals surface area contributed by atoms with Crippen molar-refractivity contribution >= 4 is 17.2 Å². The third-order valence-electron chi connectivity index (χ3n) is 5.39. The summed E-state index contributed by atoms with van der Waals surface area (Å²) in [4.78, 5) is 7.14. The number of piperidine rings is 1. The Labute approximate surface area is 173 Å². The number of alkyl halides is 2. The monoisotopic (exact) mass is 408 g/mol. The van der Waals surface area contributed by atoms with Gasteiger partial charge >= 0.3 is 0 Å². The summed E-state index contributed by atoms with van der Waals surface area (Å²) in [7, 11) is 3.50. The number of aliphatic imine (C=N–C) groups is 1. The lowest BCUT2D eigenvalue weighted by Crippen LogP contribution is -2.40. The molecule has 0 spiro atoms. The highest BCUT2D eigenvalue weighted by Crippen LogP contribution is 2.25. The van der Waals surface area contributed by atoms with E-state index in [9.17, 15) is 8.78 Å². The van der Waals surface area contributed by atoms with Crippen LogP contribution in [0.15, 0.2) is 29.4 Å². The fourth-order valence-corrected chi connectivity index (χ4v) is 3.53. The van der Waals surface area contributed by atoms with Crippen molar-refractivity contribution in [2.45, 2.75) is 39.5 Å². The van der Waals surface area contributed by atoms with Crippen LogP contribution in [0, 0.1) is 12.8 Å². The molecule has 0 aliphatic carbocycles. The SMILES string of the molecule is CCC1CCN(C(COC)=N/C(=C\NCC(F)F)c2cc(NC)ccc2C)CC1. The Balaban J connectivity index is 2.37. The first-order valence-electron chi connectivity index (χ1n) is 10.3. The van der Waals surface area contributed by atoms with Gasteiger partial charge in [-0.1, -0.05) is 19.4 Å². The number of rotatable bonds is 9. The van der Waals surface area contributed by atoms with Gasteiger partial charge in [0.2, 0.25) is 0 Å². The molecule has 1 fully saturated rings. The zero-order valence-electron chi connectivity index (χ0n) is 18.0. The topological polar surface area (TPSA) is 48.9 Å². The van der Waals surface area contributed by atoms with Crippen LogP contribution in [0.2, 0.25) is 0 Å². The quantitative estimate of drug-likeness (QED) is 0.471. The molecule has 5 nitrogen and oxygen atoms in total. The number of aryl methyl sites for hydroxylation is 1. The fraction of sp³-hybridized carbons (Fsp3) is 0.591. The van der Waals surface area contributed by atoms with E-state index >= 15 is 0 Å². The van der Waals surface area contributed by atoms with Gasteiger partial charge in [-0.25, -0.2) is 13.8 Å². The molecule has 0 radical (unpaired) electrons. The number of methoxy groups -OCH3 is 1. The van der Waals surface area contributed by atoms with Gasteiger partial charge in [-0.3, -0.25) is 0 Å². The maximum Gasteiger partial charge on any atom is 0.255 e. The van der Waals surface area contributed by atoms with E-state index in [0.29, 0.717) is 12.3 Å². The van der Waals surface area contributed by atoms with Crippen LogP contribution < -0.4 is 10.6 Å². The maximum absolute atomic E-state index is 12.7. The van der Waals surface area contributed by atoms with Crippen molar-refractivity contribution in [1.29, 1.82) is 0 Å². The van der Waals surface area contributed by atoms with Crippen LogP contribution in [-0.4, -0.2) is 57.6 Å². The van der Waals surface area contributed by atoms with Gasteiger partial charge in [0.15, 0.2) is 0 Å². The first-order chi connectivity index (χ1) is 14.0. The Hall–Kier alpha value is -2.15. The van der Waals surface area contributed by atoms with E-state index in [2.05, 4.69) is 22.5 Å². The third kappa shape index (κ3) is 6.99. The summed E-state index contributed by atoms with van der Waals surface area (Å²) >= 11 is 0. The van der Waals surface area contributed by atoms with E-state index in [1.54, 1.807) is 13.3 Å². The average molecular weight is 409 g/mol. The number of hydrogen-bond donors (Lipinski definition) is 2. The summed E-state index contributed by atoms with van der Waals surface area (Å²) in [5.41, 5.74) is 3.50. The van der Waals surface area contributed by atoms with Gasteiger partial charge in [0.05, 0.1) is 12.2 Å². The van der Waals surface area contributed by atoms with E-state index in [1.807, 2.05) is 32.2 Å². The molecule has 0 aromatic heterocycles. The second-order valence-electron chi connectivity index (χ2n) is 7.41. The Kier molecular flexibility index (Phi) is 9.38. The second kappa shape index (κ2) is 11.8. The number of hydrogen-bond acceptors (Lipinski definition) is 4. The molecule has 1 saturated heterocycles. The molecule has 1 aliphatic rings. The second-order valence-corrected chi connectivity index (χ2v) is 7.41. The summed E-state index contributed by atoms with van der Waals surface area (Å²) in [6.07, 6.45) is 2.63. The van der Waals surface area contributed by atoms with Crippen LogP contribution in [0.1, 0.15) is 37.3 Å². The number of nitrogens with one attached hydrogen (secondary N) is 2. The van der Waals surface area contributed by atoms with Gasteiger partial charge in [0, 0.05) is 44.7 Å². The first-order valence-corrected chi connectivity index (χ1v) is 10.3. The fourth-order valence-electron chi connectivity index (χ4n) is 3.53. The minimum Gasteiger partial charge on any atom is -0.388 e. The molecule has 2 rings (SSSR count). The Bertz CT molecular complexity index is 698. The highest BCUT2D eigenvalue weighted by atomic mass is 19.3. The van der Waals surface area contributed by atoms with E-state index in [0.717, 1.165) is 54.5 Å². The molecular weight excluding hydrogens is 374 g/mol. The molecule has 1 aliphatic heterocycles. The minimum absolute atomic E-state index is 0.383. The highest BCUT2D eigenvalue weighted by molar-refractivity contribution is 5.90. The van der Waals surface area contributed by atoms with Crippen molar-refractivity contribution in [3.8, 4) is 0 Å². The van der Waals surface area contributed by atoms with Crippen LogP contribution >= 0.6 is 0 Å². The van der Waals surface area contributed by atoms with E-state index in [1.165, 1.54) is 6.42 Å². The van der Waals surface area contributed by atoms with Crippen LogP contribution in [-0.2, 0) is 4.74 Å². The standard InChI is InChI=1S/C22H34F2N4O/c1-5-17-8-10-28(11-9-17)22(15-29-4)27-20(13-26-14-21(23)24)19-12-18(25-3)7-6-16(19)2/h6-7,12-13,17,21,25-26H,5,8-11,14-15H2,1-4H3/b20-13-,27-22?. The molecule has 0 atom stereocenters. The Morgan fingerprint density at radius 1 is 1.34 bits per heavy atom. The lowest BCUT2D eigenvalue weighted by atomic mass is 9.94. The molecule has 1 heterocycles. The molecule has 0 unspecified atom stereocenters. The van der Waals surface area contributed by atoms with Gasteiger partial charge in [0.25, 0.3) is 6.43 Å². The Morgan fingerprint density at radius 2 is 2.07 bits per heavy atom. The minimum atomic E-state index is -2.42. The maximum atomic E-state index is 12.7. The zero-order chi connectivity index (χ0) is 21.2. The molecular formula is C22H34F2N4O.